The van der Waals surface area contributed by atoms with Crippen molar-refractivity contribution in [1.82, 2.24) is 24.7 Å². The number of hydrogen-bond donors (Lipinski definition) is 1. The first-order valence-electron chi connectivity index (χ1n) is 11.2. The maximum atomic E-state index is 12.9. The maximum Gasteiger partial charge on any atom is 0.226 e. The molecule has 2 fully saturated rings. The molecule has 0 saturated carbocycles. The predicted octanol–water partition coefficient (Wildman–Crippen LogP) is 2.07. The third kappa shape index (κ3) is 4.81. The van der Waals surface area contributed by atoms with Gasteiger partial charge in [0.05, 0.1) is 18.8 Å². The van der Waals surface area contributed by atoms with Crippen LogP contribution in [0.1, 0.15) is 49.7 Å². The van der Waals surface area contributed by atoms with Crippen molar-refractivity contribution in [1.29, 1.82) is 0 Å². The Labute approximate surface area is 183 Å². The summed E-state index contributed by atoms with van der Waals surface area (Å²) in [5.41, 5.74) is 3.33. The summed E-state index contributed by atoms with van der Waals surface area (Å²) in [7, 11) is 0. The van der Waals surface area contributed by atoms with Gasteiger partial charge in [0, 0.05) is 31.8 Å². The summed E-state index contributed by atoms with van der Waals surface area (Å²) >= 11 is 5.65. The zero-order valence-corrected chi connectivity index (χ0v) is 19.0. The number of carbonyl (C=O) groups excluding carboxylic acids is 1. The first-order chi connectivity index (χ1) is 14.5. The quantitative estimate of drug-likeness (QED) is 0.756. The number of nitrogens with one attached hydrogen (secondary N) is 1. The lowest BCUT2D eigenvalue weighted by Crippen LogP contribution is -3.12. The number of amides is 1. The van der Waals surface area contributed by atoms with Crippen molar-refractivity contribution in [2.45, 2.75) is 59.0 Å². The number of quaternary nitrogens is 1. The van der Waals surface area contributed by atoms with Crippen molar-refractivity contribution >= 4 is 18.1 Å². The van der Waals surface area contributed by atoms with Gasteiger partial charge >= 0.3 is 0 Å². The molecule has 0 spiro atoms. The molecule has 7 nitrogen and oxygen atoms in total. The summed E-state index contributed by atoms with van der Waals surface area (Å²) in [5.74, 6) is 0.569. The molecule has 2 aromatic rings. The van der Waals surface area contributed by atoms with Crippen LogP contribution in [0.2, 0.25) is 0 Å². The summed E-state index contributed by atoms with van der Waals surface area (Å²) in [6.07, 6.45) is 6.73. The number of aromatic nitrogens is 4. The third-order valence-corrected chi connectivity index (χ3v) is 6.81. The second-order valence-electron chi connectivity index (χ2n) is 8.94. The van der Waals surface area contributed by atoms with E-state index < -0.39 is 0 Å². The Morgan fingerprint density at radius 1 is 1.03 bits per heavy atom. The largest absolute Gasteiger partial charge is 0.342 e. The number of nitrogens with zero attached hydrogens (tertiary/aromatic N) is 5. The molecule has 0 atom stereocenters. The van der Waals surface area contributed by atoms with E-state index in [0.717, 1.165) is 57.5 Å². The molecule has 1 N–H and O–H groups in total. The van der Waals surface area contributed by atoms with Gasteiger partial charge in [0.2, 0.25) is 10.7 Å². The van der Waals surface area contributed by atoms with Gasteiger partial charge in [-0.1, -0.05) is 18.9 Å². The van der Waals surface area contributed by atoms with Gasteiger partial charge in [-0.05, 0) is 72.6 Å². The van der Waals surface area contributed by atoms with Crippen molar-refractivity contribution < 1.29 is 9.69 Å². The van der Waals surface area contributed by atoms with Gasteiger partial charge in [-0.2, -0.15) is 9.36 Å². The topological polar surface area (TPSA) is 60.4 Å². The molecule has 0 radical (unpaired) electrons. The van der Waals surface area contributed by atoms with E-state index in [2.05, 4.69) is 47.4 Å². The fraction of sp³-hybridized carbons (Fsp3) is 0.636. The predicted molar refractivity (Wildman–Crippen MR) is 118 cm³/mol. The maximum absolute atomic E-state index is 12.9. The van der Waals surface area contributed by atoms with Crippen LogP contribution in [0.25, 0.3) is 5.69 Å². The smallest absolute Gasteiger partial charge is 0.226 e. The van der Waals surface area contributed by atoms with E-state index >= 15 is 0 Å². The van der Waals surface area contributed by atoms with Gasteiger partial charge in [0.15, 0.2) is 6.67 Å². The van der Waals surface area contributed by atoms with E-state index in [-0.39, 0.29) is 5.92 Å². The fourth-order valence-corrected chi connectivity index (χ4v) is 5.04. The molecular formula is C22H33N6OS+. The lowest BCUT2D eigenvalue weighted by molar-refractivity contribution is -0.929. The molecule has 2 saturated heterocycles. The molecule has 1 aromatic carbocycles. The Hall–Kier alpha value is -2.06. The number of carbonyl (C=O) groups is 1. The van der Waals surface area contributed by atoms with E-state index in [1.807, 2.05) is 4.68 Å². The fourth-order valence-electron chi connectivity index (χ4n) is 4.80. The van der Waals surface area contributed by atoms with Crippen molar-refractivity contribution in [2.24, 2.45) is 5.92 Å². The minimum absolute atomic E-state index is 0.186. The zero-order chi connectivity index (χ0) is 21.1. The van der Waals surface area contributed by atoms with Crippen LogP contribution in [0.5, 0.6) is 0 Å². The Morgan fingerprint density at radius 3 is 2.30 bits per heavy atom. The van der Waals surface area contributed by atoms with Crippen LogP contribution in [0.3, 0.4) is 0 Å². The molecule has 3 heterocycles. The normalized spacial score (nSPS) is 22.7. The van der Waals surface area contributed by atoms with Gasteiger partial charge in [-0.3, -0.25) is 4.79 Å². The lowest BCUT2D eigenvalue weighted by Gasteiger charge is -2.31. The molecule has 0 bridgehead atoms. The molecule has 0 aliphatic carbocycles. The number of rotatable bonds is 4. The highest BCUT2D eigenvalue weighted by molar-refractivity contribution is 7.71. The van der Waals surface area contributed by atoms with Gasteiger partial charge in [0.25, 0.3) is 0 Å². The molecule has 162 valence electrons. The van der Waals surface area contributed by atoms with Crippen molar-refractivity contribution in [3.05, 3.63) is 34.1 Å². The van der Waals surface area contributed by atoms with Gasteiger partial charge in [-0.25, -0.2) is 0 Å². The van der Waals surface area contributed by atoms with Gasteiger partial charge < -0.3 is 9.80 Å². The number of hydrogen-bond acceptors (Lipinski definition) is 4. The van der Waals surface area contributed by atoms with Gasteiger partial charge in [0.1, 0.15) is 0 Å². The van der Waals surface area contributed by atoms with E-state index in [0.29, 0.717) is 17.3 Å². The van der Waals surface area contributed by atoms with Crippen LogP contribution in [-0.2, 0) is 11.5 Å². The molecule has 1 amide bonds. The van der Waals surface area contributed by atoms with Crippen molar-refractivity contribution in [3.8, 4) is 5.69 Å². The Morgan fingerprint density at radius 2 is 1.67 bits per heavy atom. The summed E-state index contributed by atoms with van der Waals surface area (Å²) < 4.78 is 4.18. The molecule has 0 unspecified atom stereocenters. The molecular weight excluding hydrogens is 396 g/mol. The molecule has 30 heavy (non-hydrogen) atoms. The number of piperidine rings is 1. The van der Waals surface area contributed by atoms with Crippen LogP contribution >= 0.6 is 12.2 Å². The Bertz CT molecular complexity index is 915. The summed E-state index contributed by atoms with van der Waals surface area (Å²) in [5, 5.41) is 8.61. The molecule has 4 rings (SSSR count). The second-order valence-corrected chi connectivity index (χ2v) is 9.31. The van der Waals surface area contributed by atoms with Crippen LogP contribution in [0.4, 0.5) is 0 Å². The summed E-state index contributed by atoms with van der Waals surface area (Å²) in [6.45, 7) is 8.70. The SMILES string of the molecule is Cc1cc(C)cc(-n2nnn(C[NH+]3CCC(C(=O)N4CCCCCC4)CC3)c2=S)c1. The monoisotopic (exact) mass is 429 g/mol. The van der Waals surface area contributed by atoms with E-state index in [4.69, 9.17) is 12.2 Å². The first-order valence-corrected chi connectivity index (χ1v) is 11.7. The molecule has 8 heteroatoms. The summed E-state index contributed by atoms with van der Waals surface area (Å²) in [6, 6.07) is 6.29. The molecule has 1 aromatic heterocycles. The highest BCUT2D eigenvalue weighted by Crippen LogP contribution is 2.18. The lowest BCUT2D eigenvalue weighted by atomic mass is 9.95. The zero-order valence-electron chi connectivity index (χ0n) is 18.1. The minimum Gasteiger partial charge on any atom is -0.342 e. The Balaban J connectivity index is 1.36. The van der Waals surface area contributed by atoms with Crippen LogP contribution in [-0.4, -0.2) is 56.8 Å². The Kier molecular flexibility index (Phi) is 6.63. The van der Waals surface area contributed by atoms with Crippen LogP contribution < -0.4 is 4.90 Å². The van der Waals surface area contributed by atoms with E-state index in [1.54, 1.807) is 4.68 Å². The highest BCUT2D eigenvalue weighted by Gasteiger charge is 2.31. The van der Waals surface area contributed by atoms with E-state index in [9.17, 15) is 4.79 Å². The van der Waals surface area contributed by atoms with E-state index in [1.165, 1.54) is 28.9 Å². The summed E-state index contributed by atoms with van der Waals surface area (Å²) in [4.78, 5) is 16.4. The van der Waals surface area contributed by atoms with Gasteiger partial charge in [-0.15, -0.1) is 0 Å². The van der Waals surface area contributed by atoms with Crippen molar-refractivity contribution in [3.63, 3.8) is 0 Å². The van der Waals surface area contributed by atoms with Crippen molar-refractivity contribution in [2.75, 3.05) is 26.2 Å². The molecule has 2 aliphatic heterocycles. The number of likely N-dealkylation sites (tertiary alicyclic amines) is 2. The second kappa shape index (κ2) is 9.39. The molecule has 2 aliphatic rings. The average molecular weight is 430 g/mol. The minimum atomic E-state index is 0.186. The number of aryl methyl sites for hydroxylation is 2. The average Bonchev–Trinajstić information content (AvgIpc) is 2.93. The number of benzene rings is 1. The third-order valence-electron chi connectivity index (χ3n) is 6.42. The standard InChI is InChI=1S/C22H32N6OS/c1-17-13-18(2)15-20(14-17)28-22(30)27(23-24-28)16-25-11-7-19(8-12-25)21(29)26-9-5-3-4-6-10-26/h13-15,19H,3-12,16H2,1-2H3/p+1. The number of tetrazole rings is 1. The van der Waals surface area contributed by atoms with Crippen LogP contribution in [0.15, 0.2) is 18.2 Å². The first kappa shape index (κ1) is 21.2. The van der Waals surface area contributed by atoms with Crippen LogP contribution in [0, 0.1) is 24.5 Å². The highest BCUT2D eigenvalue weighted by atomic mass is 32.1.